The predicted molar refractivity (Wildman–Crippen MR) is 155 cm³/mol. The summed E-state index contributed by atoms with van der Waals surface area (Å²) < 4.78 is 1.00. The summed E-state index contributed by atoms with van der Waals surface area (Å²) in [5.41, 5.74) is 11.6. The molecule has 1 aromatic heterocycles. The number of nitrogens with zero attached hydrogens (tertiary/aromatic N) is 4. The average molecular weight is 589 g/mol. The number of piperidine rings is 1. The molecule has 3 heterocycles. The van der Waals surface area contributed by atoms with E-state index < -0.39 is 0 Å². The molecule has 2 aromatic rings. The molecule has 0 saturated carbocycles. The van der Waals surface area contributed by atoms with Gasteiger partial charge in [0.15, 0.2) is 0 Å². The number of pyridine rings is 1. The van der Waals surface area contributed by atoms with E-state index in [9.17, 15) is 4.79 Å². The highest BCUT2D eigenvalue weighted by Gasteiger charge is 2.31. The molecular weight excluding hydrogens is 550 g/mol. The molecule has 0 bridgehead atoms. The fourth-order valence-corrected chi connectivity index (χ4v) is 6.44. The van der Waals surface area contributed by atoms with Crippen LogP contribution in [0, 0.1) is 12.8 Å². The maximum Gasteiger partial charge on any atom is 0.314 e. The highest BCUT2D eigenvalue weighted by Crippen LogP contribution is 2.35. The summed E-state index contributed by atoms with van der Waals surface area (Å²) >= 11 is 10.0. The molecule has 2 saturated heterocycles. The summed E-state index contributed by atoms with van der Waals surface area (Å²) in [7, 11) is 0. The number of urea groups is 1. The third-order valence-corrected chi connectivity index (χ3v) is 8.51. The predicted octanol–water partition coefficient (Wildman–Crippen LogP) is 6.16. The standard InChI is InChI=1S/C29H39BrClN5O/c1-4-5-23-18-25(31)6-7-26(23)28(27-20(2)16-24(30)19-33-27)35-14-12-34(13-15-35)21(3)17-22-8-10-36(11-9-22)29(32)37/h6-7,16,18-19,22,28H,3-5,8-15,17H2,1-2H3,(H2,32,37)/t28-/m1/s1. The van der Waals surface area contributed by atoms with Crippen molar-refractivity contribution in [3.8, 4) is 0 Å². The molecular formula is C29H39BrClN5O. The Labute approximate surface area is 235 Å². The van der Waals surface area contributed by atoms with E-state index in [4.69, 9.17) is 22.3 Å². The van der Waals surface area contributed by atoms with Gasteiger partial charge in [-0.15, -0.1) is 0 Å². The number of halogens is 2. The minimum atomic E-state index is -0.304. The maximum atomic E-state index is 11.4. The number of benzene rings is 1. The van der Waals surface area contributed by atoms with Crippen LogP contribution in [0.2, 0.25) is 5.02 Å². The molecule has 4 rings (SSSR count). The summed E-state index contributed by atoms with van der Waals surface area (Å²) in [4.78, 5) is 23.1. The number of carbonyl (C=O) groups excluding carboxylic acids is 1. The van der Waals surface area contributed by atoms with E-state index in [0.717, 1.165) is 86.6 Å². The van der Waals surface area contributed by atoms with E-state index in [1.54, 1.807) is 4.90 Å². The molecule has 37 heavy (non-hydrogen) atoms. The number of amides is 2. The van der Waals surface area contributed by atoms with Crippen LogP contribution in [0.25, 0.3) is 0 Å². The van der Waals surface area contributed by atoms with Crippen molar-refractivity contribution in [1.82, 2.24) is 19.7 Å². The number of piperazine rings is 1. The van der Waals surface area contributed by atoms with Crippen molar-refractivity contribution >= 4 is 33.6 Å². The topological polar surface area (TPSA) is 65.7 Å². The number of hydrogen-bond donors (Lipinski definition) is 1. The van der Waals surface area contributed by atoms with Gasteiger partial charge in [-0.3, -0.25) is 9.88 Å². The number of likely N-dealkylation sites (tertiary alicyclic amines) is 1. The molecule has 2 fully saturated rings. The Balaban J connectivity index is 1.48. The van der Waals surface area contributed by atoms with Crippen molar-refractivity contribution in [2.24, 2.45) is 11.7 Å². The molecule has 0 aliphatic carbocycles. The van der Waals surface area contributed by atoms with Crippen LogP contribution in [0.3, 0.4) is 0 Å². The van der Waals surface area contributed by atoms with E-state index in [1.807, 2.05) is 12.3 Å². The van der Waals surface area contributed by atoms with Crippen LogP contribution in [-0.4, -0.2) is 65.0 Å². The fraction of sp³-hybridized carbons (Fsp3) is 0.517. The zero-order chi connectivity index (χ0) is 26.5. The van der Waals surface area contributed by atoms with Gasteiger partial charge in [0.2, 0.25) is 0 Å². The molecule has 0 unspecified atom stereocenters. The van der Waals surface area contributed by atoms with Gasteiger partial charge in [-0.1, -0.05) is 37.6 Å². The number of nitrogens with two attached hydrogens (primary N) is 1. The summed E-state index contributed by atoms with van der Waals surface area (Å²) in [5.74, 6) is 0.564. The molecule has 6 nitrogen and oxygen atoms in total. The summed E-state index contributed by atoms with van der Waals surface area (Å²) in [6, 6.07) is 8.28. The Hall–Kier alpha value is -2.09. The highest BCUT2D eigenvalue weighted by molar-refractivity contribution is 9.10. The van der Waals surface area contributed by atoms with E-state index in [2.05, 4.69) is 64.4 Å². The van der Waals surface area contributed by atoms with Gasteiger partial charge in [0, 0.05) is 60.7 Å². The zero-order valence-corrected chi connectivity index (χ0v) is 24.4. The van der Waals surface area contributed by atoms with Gasteiger partial charge in [-0.2, -0.15) is 0 Å². The van der Waals surface area contributed by atoms with Crippen LogP contribution in [0.1, 0.15) is 61.0 Å². The quantitative estimate of drug-likeness (QED) is 0.401. The molecule has 200 valence electrons. The van der Waals surface area contributed by atoms with Crippen LogP contribution >= 0.6 is 27.5 Å². The SMILES string of the molecule is C=C(CC1CCN(C(N)=O)CC1)N1CCN([C@H](c2ccc(Cl)cc2CCC)c2ncc(Br)cc2C)CC1. The van der Waals surface area contributed by atoms with Gasteiger partial charge in [-0.25, -0.2) is 4.79 Å². The second-order valence-electron chi connectivity index (χ2n) is 10.4. The third kappa shape index (κ3) is 6.87. The number of hydrogen-bond acceptors (Lipinski definition) is 4. The summed E-state index contributed by atoms with van der Waals surface area (Å²) in [6.45, 7) is 14.1. The van der Waals surface area contributed by atoms with Crippen LogP contribution < -0.4 is 5.73 Å². The van der Waals surface area contributed by atoms with Crippen LogP contribution in [-0.2, 0) is 6.42 Å². The minimum Gasteiger partial charge on any atom is -0.373 e. The fourth-order valence-electron chi connectivity index (χ4n) is 5.80. The highest BCUT2D eigenvalue weighted by atomic mass is 79.9. The molecule has 2 amide bonds. The van der Waals surface area contributed by atoms with Gasteiger partial charge in [0.1, 0.15) is 0 Å². The number of carbonyl (C=O) groups is 1. The Morgan fingerprint density at radius 2 is 1.86 bits per heavy atom. The monoisotopic (exact) mass is 587 g/mol. The van der Waals surface area contributed by atoms with Crippen molar-refractivity contribution < 1.29 is 4.79 Å². The largest absolute Gasteiger partial charge is 0.373 e. The van der Waals surface area contributed by atoms with Gasteiger partial charge in [0.25, 0.3) is 0 Å². The Kier molecular flexibility index (Phi) is 9.54. The molecule has 2 aliphatic rings. The van der Waals surface area contributed by atoms with E-state index in [-0.39, 0.29) is 12.1 Å². The first-order chi connectivity index (χ1) is 17.8. The summed E-state index contributed by atoms with van der Waals surface area (Å²) in [6.07, 6.45) is 6.95. The van der Waals surface area contributed by atoms with E-state index in [0.29, 0.717) is 5.92 Å². The van der Waals surface area contributed by atoms with Crippen molar-refractivity contribution in [3.05, 3.63) is 74.6 Å². The number of allylic oxidation sites excluding steroid dienone is 1. The summed E-state index contributed by atoms with van der Waals surface area (Å²) in [5, 5.41) is 0.786. The number of rotatable bonds is 8. The molecule has 0 radical (unpaired) electrons. The van der Waals surface area contributed by atoms with E-state index >= 15 is 0 Å². The first kappa shape index (κ1) is 27.9. The molecule has 2 N–H and O–H groups in total. The lowest BCUT2D eigenvalue weighted by Gasteiger charge is -2.42. The van der Waals surface area contributed by atoms with Crippen LogP contribution in [0.4, 0.5) is 4.79 Å². The number of aromatic nitrogens is 1. The normalized spacial score (nSPS) is 18.2. The first-order valence-electron chi connectivity index (χ1n) is 13.4. The molecule has 8 heteroatoms. The lowest BCUT2D eigenvalue weighted by atomic mass is 9.91. The lowest BCUT2D eigenvalue weighted by Crippen LogP contribution is -2.48. The van der Waals surface area contributed by atoms with Crippen LogP contribution in [0.5, 0.6) is 0 Å². The minimum absolute atomic E-state index is 0.0838. The van der Waals surface area contributed by atoms with Gasteiger partial charge >= 0.3 is 6.03 Å². The zero-order valence-electron chi connectivity index (χ0n) is 22.1. The molecule has 2 aliphatic heterocycles. The maximum absolute atomic E-state index is 11.4. The Morgan fingerprint density at radius 1 is 1.16 bits per heavy atom. The molecule has 1 aromatic carbocycles. The lowest BCUT2D eigenvalue weighted by molar-refractivity contribution is 0.121. The van der Waals surface area contributed by atoms with Gasteiger partial charge in [-0.05, 0) is 89.3 Å². The molecule has 0 spiro atoms. The Morgan fingerprint density at radius 3 is 2.49 bits per heavy atom. The van der Waals surface area contributed by atoms with Crippen molar-refractivity contribution in [2.45, 2.75) is 52.0 Å². The van der Waals surface area contributed by atoms with Crippen molar-refractivity contribution in [3.63, 3.8) is 0 Å². The molecule has 1 atom stereocenters. The number of primary amides is 1. The second-order valence-corrected chi connectivity index (χ2v) is 11.8. The second kappa shape index (κ2) is 12.6. The Bertz CT molecular complexity index is 1110. The smallest absolute Gasteiger partial charge is 0.314 e. The van der Waals surface area contributed by atoms with Gasteiger partial charge in [0.05, 0.1) is 11.7 Å². The van der Waals surface area contributed by atoms with Crippen molar-refractivity contribution in [2.75, 3.05) is 39.3 Å². The van der Waals surface area contributed by atoms with Crippen LogP contribution in [0.15, 0.2) is 47.2 Å². The average Bonchev–Trinajstić information content (AvgIpc) is 2.87. The van der Waals surface area contributed by atoms with Gasteiger partial charge < -0.3 is 15.5 Å². The third-order valence-electron chi connectivity index (χ3n) is 7.84. The van der Waals surface area contributed by atoms with E-state index in [1.165, 1.54) is 22.4 Å². The number of aryl methyl sites for hydroxylation is 2. The first-order valence-corrected chi connectivity index (χ1v) is 14.6. The van der Waals surface area contributed by atoms with Crippen molar-refractivity contribution in [1.29, 1.82) is 0 Å².